The second kappa shape index (κ2) is 12.1. The van der Waals surface area contributed by atoms with Gasteiger partial charge in [-0.3, -0.25) is 9.59 Å². The van der Waals surface area contributed by atoms with E-state index in [1.165, 1.54) is 18.6 Å². The van der Waals surface area contributed by atoms with Crippen LogP contribution in [-0.2, 0) is 20.7 Å². The number of halogens is 1. The molecule has 9 nitrogen and oxygen atoms in total. The number of ether oxygens (including phenoxy) is 2. The Hall–Kier alpha value is -3.30. The summed E-state index contributed by atoms with van der Waals surface area (Å²) in [6.07, 6.45) is 5.28. The second-order valence-corrected chi connectivity index (χ2v) is 15.2. The summed E-state index contributed by atoms with van der Waals surface area (Å²) < 4.78 is 26.8. The summed E-state index contributed by atoms with van der Waals surface area (Å²) in [4.78, 5) is 52.6. The fourth-order valence-corrected chi connectivity index (χ4v) is 7.84. The number of Topliss-reactive ketones (excluding diaryl/α,β-unsaturated/α-hetero) is 1. The third-order valence-electron chi connectivity index (χ3n) is 10.5. The van der Waals surface area contributed by atoms with Crippen molar-refractivity contribution in [1.82, 2.24) is 20.2 Å². The van der Waals surface area contributed by atoms with Crippen LogP contribution in [0, 0.1) is 40.8 Å². The van der Waals surface area contributed by atoms with Crippen LogP contribution in [0.3, 0.4) is 0 Å². The summed E-state index contributed by atoms with van der Waals surface area (Å²) in [6.45, 7) is 11.4. The van der Waals surface area contributed by atoms with Crippen LogP contribution in [0.5, 0.6) is 5.88 Å². The van der Waals surface area contributed by atoms with Crippen molar-refractivity contribution in [2.75, 3.05) is 6.54 Å². The van der Waals surface area contributed by atoms with E-state index in [1.54, 1.807) is 11.0 Å². The van der Waals surface area contributed by atoms with Crippen LogP contribution in [0.25, 0.3) is 11.0 Å². The number of fused-ring (bicyclic) bond motifs is 7. The molecule has 4 aliphatic rings. The van der Waals surface area contributed by atoms with Gasteiger partial charge < -0.3 is 19.7 Å². The average Bonchev–Trinajstić information content (AvgIpc) is 3.54. The van der Waals surface area contributed by atoms with Crippen LogP contribution >= 0.6 is 0 Å². The minimum atomic E-state index is -0.911. The van der Waals surface area contributed by atoms with Crippen molar-refractivity contribution < 1.29 is 28.2 Å². The van der Waals surface area contributed by atoms with Crippen LogP contribution in [0.2, 0.25) is 0 Å². The van der Waals surface area contributed by atoms with E-state index in [4.69, 9.17) is 19.4 Å². The van der Waals surface area contributed by atoms with E-state index in [0.29, 0.717) is 46.8 Å². The first-order valence-electron chi connectivity index (χ1n) is 16.8. The highest BCUT2D eigenvalue weighted by molar-refractivity contribution is 5.94. The summed E-state index contributed by atoms with van der Waals surface area (Å²) in [5.41, 5.74) is 1.04. The number of nitrogens with zero attached hydrogens (tertiary/aromatic N) is 3. The molecule has 0 radical (unpaired) electrons. The Labute approximate surface area is 265 Å². The number of aryl methyl sites for hydroxylation is 1. The smallest absolute Gasteiger partial charge is 0.408 e. The molecule has 0 spiro atoms. The van der Waals surface area contributed by atoms with Gasteiger partial charge in [0.05, 0.1) is 23.6 Å². The van der Waals surface area contributed by atoms with Crippen LogP contribution in [-0.4, -0.2) is 63.5 Å². The summed E-state index contributed by atoms with van der Waals surface area (Å²) in [5.74, 6) is 0.376. The molecule has 1 saturated heterocycles. The summed E-state index contributed by atoms with van der Waals surface area (Å²) >= 11 is 0. The van der Waals surface area contributed by atoms with E-state index in [-0.39, 0.29) is 36.2 Å². The zero-order chi connectivity index (χ0) is 32.2. The molecular formula is C35H47FN4O5. The first-order chi connectivity index (χ1) is 21.3. The molecule has 2 aliphatic heterocycles. The summed E-state index contributed by atoms with van der Waals surface area (Å²) in [5, 5.41) is 2.92. The molecule has 3 heterocycles. The Morgan fingerprint density at radius 1 is 1.02 bits per heavy atom. The van der Waals surface area contributed by atoms with Gasteiger partial charge in [0.1, 0.15) is 29.8 Å². The van der Waals surface area contributed by atoms with Gasteiger partial charge in [0, 0.05) is 17.9 Å². The molecular weight excluding hydrogens is 575 g/mol. The molecule has 6 rings (SSSR count). The lowest BCUT2D eigenvalue weighted by Crippen LogP contribution is -2.58. The maximum Gasteiger partial charge on any atom is 0.408 e. The minimum absolute atomic E-state index is 0.0667. The Kier molecular flexibility index (Phi) is 8.54. The van der Waals surface area contributed by atoms with Crippen LogP contribution < -0.4 is 10.1 Å². The van der Waals surface area contributed by atoms with Crippen molar-refractivity contribution in [2.45, 2.75) is 111 Å². The van der Waals surface area contributed by atoms with Crippen molar-refractivity contribution in [3.63, 3.8) is 0 Å². The molecule has 10 heteroatoms. The van der Waals surface area contributed by atoms with Gasteiger partial charge in [0.25, 0.3) is 0 Å². The highest BCUT2D eigenvalue weighted by Crippen LogP contribution is 2.57. The molecule has 2 aromatic rings. The Morgan fingerprint density at radius 2 is 1.80 bits per heavy atom. The third-order valence-corrected chi connectivity index (χ3v) is 10.5. The molecule has 45 heavy (non-hydrogen) atoms. The fourth-order valence-electron chi connectivity index (χ4n) is 7.84. The first kappa shape index (κ1) is 31.7. The quantitative estimate of drug-likeness (QED) is 0.446. The maximum absolute atomic E-state index is 14.4. The van der Waals surface area contributed by atoms with Crippen LogP contribution in [0.15, 0.2) is 18.2 Å². The highest BCUT2D eigenvalue weighted by atomic mass is 19.1. The third kappa shape index (κ3) is 6.39. The lowest BCUT2D eigenvalue weighted by Gasteiger charge is -2.36. The molecule has 2 bridgehead atoms. The molecule has 2 aliphatic carbocycles. The highest BCUT2D eigenvalue weighted by Gasteiger charge is 2.55. The van der Waals surface area contributed by atoms with Crippen molar-refractivity contribution in [3.8, 4) is 5.88 Å². The number of nitrogens with one attached hydrogen (secondary N) is 1. The Morgan fingerprint density at radius 3 is 2.53 bits per heavy atom. The van der Waals surface area contributed by atoms with Crippen LogP contribution in [0.4, 0.5) is 9.18 Å². The van der Waals surface area contributed by atoms with Gasteiger partial charge in [-0.2, -0.15) is 0 Å². The molecule has 244 valence electrons. The minimum Gasteiger partial charge on any atom is -0.471 e. The van der Waals surface area contributed by atoms with E-state index in [9.17, 15) is 18.8 Å². The molecule has 1 N–H and O–H groups in total. The topological polar surface area (TPSA) is 111 Å². The fraction of sp³-hybridized carbons (Fsp3) is 0.686. The monoisotopic (exact) mass is 622 g/mol. The molecule has 1 aromatic heterocycles. The van der Waals surface area contributed by atoms with E-state index >= 15 is 0 Å². The molecule has 2 amide bonds. The molecule has 8 atom stereocenters. The molecule has 8 unspecified atom stereocenters. The van der Waals surface area contributed by atoms with E-state index in [0.717, 1.165) is 32.1 Å². The second-order valence-electron chi connectivity index (χ2n) is 15.2. The van der Waals surface area contributed by atoms with E-state index in [2.05, 4.69) is 5.32 Å². The normalized spacial score (nSPS) is 32.5. The molecule has 2 saturated carbocycles. The maximum atomic E-state index is 14.4. The number of alkyl carbamates (subject to hydrolysis) is 1. The van der Waals surface area contributed by atoms with E-state index < -0.39 is 35.5 Å². The van der Waals surface area contributed by atoms with Gasteiger partial charge >= 0.3 is 6.09 Å². The number of rotatable bonds is 2. The van der Waals surface area contributed by atoms with Crippen LogP contribution in [0.1, 0.15) is 85.8 Å². The van der Waals surface area contributed by atoms with Gasteiger partial charge in [-0.15, -0.1) is 0 Å². The average molecular weight is 623 g/mol. The molecule has 3 fully saturated rings. The van der Waals surface area contributed by atoms with Crippen molar-refractivity contribution in [2.24, 2.45) is 35.0 Å². The van der Waals surface area contributed by atoms with Crippen molar-refractivity contribution in [3.05, 3.63) is 29.7 Å². The van der Waals surface area contributed by atoms with Gasteiger partial charge in [0.15, 0.2) is 5.78 Å². The Bertz CT molecular complexity index is 1470. The predicted molar refractivity (Wildman–Crippen MR) is 167 cm³/mol. The Balaban J connectivity index is 1.38. The molecule has 1 aromatic carbocycles. The number of hydrogen-bond donors (Lipinski definition) is 1. The van der Waals surface area contributed by atoms with Gasteiger partial charge in [-0.1, -0.05) is 54.4 Å². The number of benzene rings is 1. The lowest BCUT2D eigenvalue weighted by molar-refractivity contribution is -0.143. The van der Waals surface area contributed by atoms with Gasteiger partial charge in [-0.25, -0.2) is 19.2 Å². The first-order valence-corrected chi connectivity index (χ1v) is 16.8. The number of amides is 2. The standard InChI is InChI=1S/C35H47FN4O5/c1-18(2)30(41)29-19(3)28-17-40(29)33(42)31(35(4,5)6)39-34(43)45-27-15-20-14-23(20)22(27)10-8-7-9-11-25-32(44-28)38-26-16-21(36)12-13-24(26)37-25/h12-13,16,18-20,22-23,27-29,31H,7-11,14-15,17H2,1-6H3,(H,39,43). The zero-order valence-electron chi connectivity index (χ0n) is 27.3. The summed E-state index contributed by atoms with van der Waals surface area (Å²) in [6, 6.07) is 2.70. The number of carbonyl (C=O) groups is 3. The van der Waals surface area contributed by atoms with E-state index in [1.807, 2.05) is 41.5 Å². The van der Waals surface area contributed by atoms with Crippen molar-refractivity contribution in [1.29, 1.82) is 0 Å². The lowest BCUT2D eigenvalue weighted by atomic mass is 9.85. The number of ketones is 1. The number of carbonyl (C=O) groups excluding carboxylic acids is 3. The predicted octanol–water partition coefficient (Wildman–Crippen LogP) is 5.87. The summed E-state index contributed by atoms with van der Waals surface area (Å²) in [7, 11) is 0. The number of hydrogen-bond acceptors (Lipinski definition) is 7. The van der Waals surface area contributed by atoms with Crippen molar-refractivity contribution >= 4 is 28.8 Å². The largest absolute Gasteiger partial charge is 0.471 e. The van der Waals surface area contributed by atoms with Gasteiger partial charge in [0.2, 0.25) is 11.8 Å². The SMILES string of the molecule is CC(C)C(=O)C1C(C)C2CN1C(=O)C(C(C)(C)C)NC(=O)OC1CC3CC3C1CCCCCc1nc3ccc(F)cc3nc1O2. The number of aromatic nitrogens is 2. The zero-order valence-corrected chi connectivity index (χ0v) is 27.3. The van der Waals surface area contributed by atoms with Gasteiger partial charge in [-0.05, 0) is 67.4 Å².